The number of nitroso groups, excluding NO2 is 1. The Balaban J connectivity index is 2.32. The van der Waals surface area contributed by atoms with Crippen molar-refractivity contribution < 1.29 is 9.53 Å². The monoisotopic (exact) mass is 288 g/mol. The molecular formula is C13H24N2O3S. The number of esters is 1. The van der Waals surface area contributed by atoms with E-state index in [0.29, 0.717) is 6.61 Å². The van der Waals surface area contributed by atoms with E-state index in [1.807, 2.05) is 0 Å². The average molecular weight is 288 g/mol. The van der Waals surface area contributed by atoms with Crippen LogP contribution in [0.1, 0.15) is 45.4 Å². The summed E-state index contributed by atoms with van der Waals surface area (Å²) >= 11 is 1.21. The molecule has 6 heteroatoms. The molecule has 0 amide bonds. The molecule has 0 atom stereocenters. The summed E-state index contributed by atoms with van der Waals surface area (Å²) in [5, 5.41) is 0. The highest BCUT2D eigenvalue weighted by molar-refractivity contribution is 7.99. The van der Waals surface area contributed by atoms with E-state index in [1.165, 1.54) is 38.1 Å². The van der Waals surface area contributed by atoms with Gasteiger partial charge >= 0.3 is 5.97 Å². The summed E-state index contributed by atoms with van der Waals surface area (Å²) in [5.41, 5.74) is 0. The van der Waals surface area contributed by atoms with Gasteiger partial charge in [0.15, 0.2) is 0 Å². The summed E-state index contributed by atoms with van der Waals surface area (Å²) in [6.07, 6.45) is 6.59. The van der Waals surface area contributed by atoms with Gasteiger partial charge in [-0.2, -0.15) is 0 Å². The largest absolute Gasteiger partial charge is 0.466 e. The summed E-state index contributed by atoms with van der Waals surface area (Å²) in [5.74, 6) is -0.230. The quantitative estimate of drug-likeness (QED) is 0.297. The minimum absolute atomic E-state index is 0.00379. The molecule has 0 aromatic heterocycles. The van der Waals surface area contributed by atoms with Gasteiger partial charge in [-0.1, -0.05) is 19.3 Å². The highest BCUT2D eigenvalue weighted by Gasteiger charge is 2.34. The van der Waals surface area contributed by atoms with E-state index in [1.54, 1.807) is 0 Å². The second-order valence-corrected chi connectivity index (χ2v) is 6.54. The predicted octanol–water partition coefficient (Wildman–Crippen LogP) is 2.99. The topological polar surface area (TPSA) is 59.0 Å². The zero-order chi connectivity index (χ0) is 14.1. The Kier molecular flexibility index (Phi) is 7.38. The van der Waals surface area contributed by atoms with E-state index in [-0.39, 0.29) is 10.7 Å². The summed E-state index contributed by atoms with van der Waals surface area (Å²) in [6, 6.07) is 0. The van der Waals surface area contributed by atoms with Gasteiger partial charge in [-0.3, -0.25) is 4.79 Å². The molecule has 5 nitrogen and oxygen atoms in total. The lowest BCUT2D eigenvalue weighted by atomic mass is 9.88. The molecule has 110 valence electrons. The van der Waals surface area contributed by atoms with Crippen molar-refractivity contribution in [3.8, 4) is 0 Å². The van der Waals surface area contributed by atoms with Gasteiger partial charge in [0.2, 0.25) is 0 Å². The van der Waals surface area contributed by atoms with Crippen LogP contribution in [0.15, 0.2) is 4.58 Å². The summed E-state index contributed by atoms with van der Waals surface area (Å²) in [7, 11) is 2.05. The van der Waals surface area contributed by atoms with Gasteiger partial charge < -0.3 is 9.64 Å². The van der Waals surface area contributed by atoms with Crippen molar-refractivity contribution >= 4 is 17.9 Å². The third kappa shape index (κ3) is 6.38. The maximum absolute atomic E-state index is 10.7. The Morgan fingerprint density at radius 1 is 1.37 bits per heavy atom. The first kappa shape index (κ1) is 16.4. The number of ether oxygens (including phenoxy) is 1. The lowest BCUT2D eigenvalue weighted by Gasteiger charge is -2.37. The van der Waals surface area contributed by atoms with Gasteiger partial charge in [-0.25, -0.2) is 0 Å². The molecule has 0 aromatic carbocycles. The van der Waals surface area contributed by atoms with Crippen molar-refractivity contribution in [2.24, 2.45) is 4.58 Å². The van der Waals surface area contributed by atoms with Crippen molar-refractivity contribution in [3.05, 3.63) is 4.91 Å². The first-order valence-corrected chi connectivity index (χ1v) is 7.68. The van der Waals surface area contributed by atoms with Crippen molar-refractivity contribution in [2.75, 3.05) is 26.7 Å². The summed E-state index contributed by atoms with van der Waals surface area (Å²) in [4.78, 5) is 23.5. The fourth-order valence-electron chi connectivity index (χ4n) is 2.67. The van der Waals surface area contributed by atoms with E-state index in [9.17, 15) is 9.70 Å². The van der Waals surface area contributed by atoms with Crippen LogP contribution in [-0.2, 0) is 9.53 Å². The van der Waals surface area contributed by atoms with Gasteiger partial charge in [-0.15, -0.1) is 4.91 Å². The summed E-state index contributed by atoms with van der Waals surface area (Å²) < 4.78 is 7.99. The fourth-order valence-corrected chi connectivity index (χ4v) is 3.58. The number of hydrogen-bond acceptors (Lipinski definition) is 6. The van der Waals surface area contributed by atoms with Gasteiger partial charge in [0.1, 0.15) is 0 Å². The smallest absolute Gasteiger partial charge is 0.302 e. The zero-order valence-corrected chi connectivity index (χ0v) is 12.7. The zero-order valence-electron chi connectivity index (χ0n) is 11.9. The van der Waals surface area contributed by atoms with Crippen molar-refractivity contribution in [2.45, 2.75) is 50.2 Å². The van der Waals surface area contributed by atoms with Crippen LogP contribution in [0.5, 0.6) is 0 Å². The number of rotatable bonds is 8. The fraction of sp³-hybridized carbons (Fsp3) is 0.923. The second kappa shape index (κ2) is 8.53. The Hall–Kier alpha value is -0.620. The van der Waals surface area contributed by atoms with E-state index in [4.69, 9.17) is 4.74 Å². The van der Waals surface area contributed by atoms with Crippen LogP contribution in [-0.4, -0.2) is 42.4 Å². The van der Waals surface area contributed by atoms with E-state index in [0.717, 1.165) is 32.4 Å². The lowest BCUT2D eigenvalue weighted by Crippen LogP contribution is -2.40. The van der Waals surface area contributed by atoms with Gasteiger partial charge in [0, 0.05) is 36.5 Å². The number of nitrogens with zero attached hydrogens (tertiary/aromatic N) is 2. The molecule has 0 heterocycles. The first-order valence-electron chi connectivity index (χ1n) is 6.91. The molecular weight excluding hydrogens is 264 g/mol. The molecule has 0 bridgehead atoms. The number of carbonyl (C=O) groups excluding carboxylic acids is 1. The standard InChI is InChI=1S/C13H24N2O3S/c1-12(16)18-10-6-9-15(2)11-13(19-14-17)7-4-3-5-8-13/h3-11H2,1-2H3. The van der Waals surface area contributed by atoms with E-state index in [2.05, 4.69) is 16.5 Å². The molecule has 1 aliphatic rings. The minimum Gasteiger partial charge on any atom is -0.466 e. The van der Waals surface area contributed by atoms with Crippen LogP contribution in [0.3, 0.4) is 0 Å². The van der Waals surface area contributed by atoms with Crippen molar-refractivity contribution in [1.29, 1.82) is 0 Å². The van der Waals surface area contributed by atoms with Crippen molar-refractivity contribution in [1.82, 2.24) is 4.90 Å². The lowest BCUT2D eigenvalue weighted by molar-refractivity contribution is -0.141. The molecule has 0 unspecified atom stereocenters. The second-order valence-electron chi connectivity index (χ2n) is 5.34. The van der Waals surface area contributed by atoms with Crippen LogP contribution >= 0.6 is 11.9 Å². The van der Waals surface area contributed by atoms with Crippen LogP contribution in [0.4, 0.5) is 0 Å². The van der Waals surface area contributed by atoms with E-state index >= 15 is 0 Å². The van der Waals surface area contributed by atoms with Gasteiger partial charge in [-0.05, 0) is 26.3 Å². The molecule has 0 saturated heterocycles. The third-order valence-electron chi connectivity index (χ3n) is 3.54. The molecule has 0 aliphatic heterocycles. The van der Waals surface area contributed by atoms with E-state index < -0.39 is 0 Å². The molecule has 1 fully saturated rings. The Labute approximate surface area is 119 Å². The number of hydrogen-bond donors (Lipinski definition) is 0. The molecule has 19 heavy (non-hydrogen) atoms. The SMILES string of the molecule is CC(=O)OCCCN(C)CC1(SN=O)CCCCC1. The molecule has 0 N–H and O–H groups in total. The normalized spacial score (nSPS) is 18.3. The van der Waals surface area contributed by atoms with Crippen LogP contribution in [0, 0.1) is 4.91 Å². The molecule has 1 saturated carbocycles. The third-order valence-corrected chi connectivity index (χ3v) is 4.54. The maximum Gasteiger partial charge on any atom is 0.302 e. The minimum atomic E-state index is -0.230. The van der Waals surface area contributed by atoms with Gasteiger partial charge in [0.05, 0.1) is 11.4 Å². The molecule has 0 spiro atoms. The van der Waals surface area contributed by atoms with Crippen LogP contribution in [0.2, 0.25) is 0 Å². The van der Waals surface area contributed by atoms with Crippen molar-refractivity contribution in [3.63, 3.8) is 0 Å². The predicted molar refractivity (Wildman–Crippen MR) is 77.9 cm³/mol. The molecule has 0 aromatic rings. The number of carbonyl (C=O) groups is 1. The Morgan fingerprint density at radius 2 is 2.05 bits per heavy atom. The first-order chi connectivity index (χ1) is 9.08. The van der Waals surface area contributed by atoms with Gasteiger partial charge in [0.25, 0.3) is 0 Å². The molecule has 1 rings (SSSR count). The highest BCUT2D eigenvalue weighted by atomic mass is 32.2. The Bertz CT molecular complexity index is 294. The Morgan fingerprint density at radius 3 is 2.63 bits per heavy atom. The molecule has 1 aliphatic carbocycles. The maximum atomic E-state index is 10.7. The molecule has 0 radical (unpaired) electrons. The van der Waals surface area contributed by atoms with Crippen LogP contribution in [0.25, 0.3) is 0 Å². The highest BCUT2D eigenvalue weighted by Crippen LogP contribution is 2.40. The van der Waals surface area contributed by atoms with Crippen LogP contribution < -0.4 is 0 Å². The summed E-state index contributed by atoms with van der Waals surface area (Å²) in [6.45, 7) is 3.64. The average Bonchev–Trinajstić information content (AvgIpc) is 2.36.